The van der Waals surface area contributed by atoms with Crippen LogP contribution in [0.3, 0.4) is 0 Å². The highest BCUT2D eigenvalue weighted by Gasteiger charge is 2.37. The number of benzene rings is 1. The number of rotatable bonds is 5. The lowest BCUT2D eigenvalue weighted by molar-refractivity contribution is -0.143. The van der Waals surface area contributed by atoms with E-state index in [1.54, 1.807) is 18.2 Å². The molecule has 0 atom stereocenters. The van der Waals surface area contributed by atoms with E-state index in [2.05, 4.69) is 10.6 Å². The molecule has 7 heteroatoms. The third-order valence-electron chi connectivity index (χ3n) is 3.89. The number of nitrogens with one attached hydrogen (secondary N) is 2. The first-order valence-corrected chi connectivity index (χ1v) is 7.45. The molecule has 2 amide bonds. The SMILES string of the molecule is COC(=O)CC1(NC(=O)Nc2ccccc2OC)CCOCC1. The van der Waals surface area contributed by atoms with Gasteiger partial charge in [0, 0.05) is 13.2 Å². The first-order valence-electron chi connectivity index (χ1n) is 7.45. The predicted octanol–water partition coefficient (Wildman–Crippen LogP) is 1.93. The Morgan fingerprint density at radius 3 is 2.57 bits per heavy atom. The number of carbonyl (C=O) groups excluding carboxylic acids is 2. The molecule has 0 bridgehead atoms. The molecule has 0 aliphatic carbocycles. The van der Waals surface area contributed by atoms with Crippen LogP contribution in [0.2, 0.25) is 0 Å². The van der Waals surface area contributed by atoms with Crippen molar-refractivity contribution in [2.45, 2.75) is 24.8 Å². The van der Waals surface area contributed by atoms with E-state index in [1.165, 1.54) is 14.2 Å². The van der Waals surface area contributed by atoms with Crippen LogP contribution in [0.1, 0.15) is 19.3 Å². The number of hydrogen-bond donors (Lipinski definition) is 2. The Labute approximate surface area is 135 Å². The van der Waals surface area contributed by atoms with Crippen LogP contribution in [0.5, 0.6) is 5.75 Å². The standard InChI is InChI=1S/C16H22N2O5/c1-21-13-6-4-3-5-12(13)17-15(20)18-16(11-14(19)22-2)7-9-23-10-8-16/h3-6H,7-11H2,1-2H3,(H2,17,18,20). The summed E-state index contributed by atoms with van der Waals surface area (Å²) in [6, 6.07) is 6.74. The van der Waals surface area contributed by atoms with E-state index >= 15 is 0 Å². The number of amides is 2. The van der Waals surface area contributed by atoms with Crippen LogP contribution >= 0.6 is 0 Å². The Morgan fingerprint density at radius 1 is 1.22 bits per heavy atom. The van der Waals surface area contributed by atoms with Crippen LogP contribution in [-0.2, 0) is 14.3 Å². The molecule has 1 fully saturated rings. The second-order valence-electron chi connectivity index (χ2n) is 5.43. The number of carbonyl (C=O) groups is 2. The molecule has 1 aliphatic heterocycles. The van der Waals surface area contributed by atoms with E-state index in [1.807, 2.05) is 6.07 Å². The van der Waals surface area contributed by atoms with Crippen LogP contribution in [0.25, 0.3) is 0 Å². The van der Waals surface area contributed by atoms with E-state index in [-0.39, 0.29) is 18.4 Å². The third-order valence-corrected chi connectivity index (χ3v) is 3.89. The topological polar surface area (TPSA) is 85.9 Å². The number of para-hydroxylation sites is 2. The average Bonchev–Trinajstić information content (AvgIpc) is 2.55. The smallest absolute Gasteiger partial charge is 0.319 e. The van der Waals surface area contributed by atoms with Crippen LogP contribution in [0.4, 0.5) is 10.5 Å². The monoisotopic (exact) mass is 322 g/mol. The first-order chi connectivity index (χ1) is 11.1. The van der Waals surface area contributed by atoms with Gasteiger partial charge in [-0.2, -0.15) is 0 Å². The maximum Gasteiger partial charge on any atom is 0.319 e. The summed E-state index contributed by atoms with van der Waals surface area (Å²) >= 11 is 0. The summed E-state index contributed by atoms with van der Waals surface area (Å²) in [5.74, 6) is 0.209. The average molecular weight is 322 g/mol. The quantitative estimate of drug-likeness (QED) is 0.809. The molecule has 1 aliphatic rings. The Balaban J connectivity index is 2.06. The van der Waals surface area contributed by atoms with E-state index < -0.39 is 5.54 Å². The van der Waals surface area contributed by atoms with Gasteiger partial charge in [-0.15, -0.1) is 0 Å². The lowest BCUT2D eigenvalue weighted by Gasteiger charge is -2.37. The van der Waals surface area contributed by atoms with Gasteiger partial charge in [0.25, 0.3) is 0 Å². The number of esters is 1. The second kappa shape index (κ2) is 7.82. The van der Waals surface area contributed by atoms with Crippen molar-refractivity contribution in [1.29, 1.82) is 0 Å². The molecule has 1 saturated heterocycles. The minimum atomic E-state index is -0.655. The van der Waals surface area contributed by atoms with E-state index in [4.69, 9.17) is 14.2 Å². The van der Waals surface area contributed by atoms with E-state index in [0.717, 1.165) is 0 Å². The normalized spacial score (nSPS) is 16.3. The lowest BCUT2D eigenvalue weighted by atomic mass is 9.86. The van der Waals surface area contributed by atoms with Gasteiger partial charge in [-0.1, -0.05) is 12.1 Å². The Morgan fingerprint density at radius 2 is 1.91 bits per heavy atom. The zero-order chi connectivity index (χ0) is 16.7. The molecule has 2 N–H and O–H groups in total. The number of ether oxygens (including phenoxy) is 3. The summed E-state index contributed by atoms with van der Waals surface area (Å²) in [6.45, 7) is 0.984. The van der Waals surface area contributed by atoms with Gasteiger partial charge in [0.2, 0.25) is 0 Å². The summed E-state index contributed by atoms with van der Waals surface area (Å²) in [5.41, 5.74) is -0.0926. The minimum Gasteiger partial charge on any atom is -0.495 e. The van der Waals surface area contributed by atoms with Crippen molar-refractivity contribution in [1.82, 2.24) is 5.32 Å². The van der Waals surface area contributed by atoms with Crippen molar-refractivity contribution in [3.05, 3.63) is 24.3 Å². The molecule has 126 valence electrons. The first kappa shape index (κ1) is 17.1. The van der Waals surface area contributed by atoms with Crippen molar-refractivity contribution in [3.8, 4) is 5.75 Å². The van der Waals surface area contributed by atoms with Crippen molar-refractivity contribution < 1.29 is 23.8 Å². The van der Waals surface area contributed by atoms with Crippen LogP contribution in [0.15, 0.2) is 24.3 Å². The van der Waals surface area contributed by atoms with Gasteiger partial charge in [-0.05, 0) is 25.0 Å². The van der Waals surface area contributed by atoms with Crippen LogP contribution in [-0.4, -0.2) is 45.0 Å². The van der Waals surface area contributed by atoms with Crippen molar-refractivity contribution in [2.24, 2.45) is 0 Å². The fourth-order valence-corrected chi connectivity index (χ4v) is 2.60. The molecular weight excluding hydrogens is 300 g/mol. The van der Waals surface area contributed by atoms with E-state index in [0.29, 0.717) is 37.5 Å². The molecular formula is C16H22N2O5. The molecule has 0 aromatic heterocycles. The highest BCUT2D eigenvalue weighted by atomic mass is 16.5. The summed E-state index contributed by atoms with van der Waals surface area (Å²) < 4.78 is 15.3. The molecule has 23 heavy (non-hydrogen) atoms. The molecule has 7 nitrogen and oxygen atoms in total. The number of urea groups is 1. The van der Waals surface area contributed by atoms with Gasteiger partial charge in [0.1, 0.15) is 5.75 Å². The molecule has 0 saturated carbocycles. The minimum absolute atomic E-state index is 0.117. The van der Waals surface area contributed by atoms with Gasteiger partial charge in [-0.25, -0.2) is 4.79 Å². The van der Waals surface area contributed by atoms with Gasteiger partial charge in [0.15, 0.2) is 0 Å². The molecule has 1 aromatic rings. The number of hydrogen-bond acceptors (Lipinski definition) is 5. The number of methoxy groups -OCH3 is 2. The molecule has 1 heterocycles. The Hall–Kier alpha value is -2.28. The highest BCUT2D eigenvalue weighted by molar-refractivity contribution is 5.91. The van der Waals surface area contributed by atoms with Crippen LogP contribution < -0.4 is 15.4 Å². The fourth-order valence-electron chi connectivity index (χ4n) is 2.60. The molecule has 0 spiro atoms. The third kappa shape index (κ3) is 4.59. The predicted molar refractivity (Wildman–Crippen MR) is 84.6 cm³/mol. The summed E-state index contributed by atoms with van der Waals surface area (Å²) in [5, 5.41) is 5.67. The van der Waals surface area contributed by atoms with Gasteiger partial charge < -0.3 is 24.8 Å². The van der Waals surface area contributed by atoms with E-state index in [9.17, 15) is 9.59 Å². The molecule has 0 radical (unpaired) electrons. The maximum atomic E-state index is 12.4. The van der Waals surface area contributed by atoms with Crippen molar-refractivity contribution >= 4 is 17.7 Å². The van der Waals surface area contributed by atoms with Crippen molar-refractivity contribution in [2.75, 3.05) is 32.8 Å². The van der Waals surface area contributed by atoms with Gasteiger partial charge in [0.05, 0.1) is 31.9 Å². The fraction of sp³-hybridized carbons (Fsp3) is 0.500. The zero-order valence-corrected chi connectivity index (χ0v) is 13.4. The summed E-state index contributed by atoms with van der Waals surface area (Å²) in [4.78, 5) is 24.0. The largest absolute Gasteiger partial charge is 0.495 e. The maximum absolute atomic E-state index is 12.4. The molecule has 0 unspecified atom stereocenters. The van der Waals surface area contributed by atoms with Crippen LogP contribution in [0, 0.1) is 0 Å². The van der Waals surface area contributed by atoms with Gasteiger partial charge >= 0.3 is 12.0 Å². The molecule has 1 aromatic carbocycles. The Kier molecular flexibility index (Phi) is 5.81. The molecule has 2 rings (SSSR count). The lowest BCUT2D eigenvalue weighted by Crippen LogP contribution is -2.54. The Bertz CT molecular complexity index is 555. The van der Waals surface area contributed by atoms with Gasteiger partial charge in [-0.3, -0.25) is 4.79 Å². The summed E-state index contributed by atoms with van der Waals surface area (Å²) in [6.07, 6.45) is 1.23. The summed E-state index contributed by atoms with van der Waals surface area (Å²) in [7, 11) is 2.87. The number of anilines is 1. The second-order valence-corrected chi connectivity index (χ2v) is 5.43. The zero-order valence-electron chi connectivity index (χ0n) is 13.4. The van der Waals surface area contributed by atoms with Crippen molar-refractivity contribution in [3.63, 3.8) is 0 Å². The highest BCUT2D eigenvalue weighted by Crippen LogP contribution is 2.27.